The molecular weight excluding hydrogens is 360 g/mol. The molecule has 7 heteroatoms. The van der Waals surface area contributed by atoms with Gasteiger partial charge in [-0.15, -0.1) is 11.3 Å². The highest BCUT2D eigenvalue weighted by Crippen LogP contribution is 2.35. The summed E-state index contributed by atoms with van der Waals surface area (Å²) in [6.07, 6.45) is 5.31. The van der Waals surface area contributed by atoms with Crippen LogP contribution in [0.25, 0.3) is 32.2 Å². The van der Waals surface area contributed by atoms with E-state index in [1.165, 1.54) is 0 Å². The molecule has 6 nitrogen and oxygen atoms in total. The van der Waals surface area contributed by atoms with Crippen LogP contribution in [0.1, 0.15) is 11.3 Å². The first-order valence-corrected chi connectivity index (χ1v) is 9.21. The van der Waals surface area contributed by atoms with Gasteiger partial charge >= 0.3 is 0 Å². The average Bonchev–Trinajstić information content (AvgIpc) is 3.17. The van der Waals surface area contributed by atoms with Crippen molar-refractivity contribution in [1.82, 2.24) is 19.9 Å². The molecule has 0 radical (unpaired) electrons. The van der Waals surface area contributed by atoms with Crippen LogP contribution in [0.15, 0.2) is 42.9 Å². The number of hydrogen-bond acceptors (Lipinski definition) is 7. The maximum Gasteiger partial charge on any atom is 0.137 e. The maximum atomic E-state index is 5.17. The van der Waals surface area contributed by atoms with E-state index in [-0.39, 0.29) is 0 Å². The summed E-state index contributed by atoms with van der Waals surface area (Å²) in [6, 6.07) is 7.95. The minimum absolute atomic E-state index is 0.441. The Labute approximate surface area is 160 Å². The topological polar surface area (TPSA) is 70.0 Å². The van der Waals surface area contributed by atoms with E-state index in [9.17, 15) is 0 Å². The number of fused-ring (bicyclic) bond motifs is 1. The molecule has 0 aliphatic rings. The Morgan fingerprint density at radius 3 is 2.63 bits per heavy atom. The summed E-state index contributed by atoms with van der Waals surface area (Å²) in [7, 11) is 3.28. The maximum absolute atomic E-state index is 5.17. The fraction of sp³-hybridized carbons (Fsp3) is 0.200. The summed E-state index contributed by atoms with van der Waals surface area (Å²) in [4.78, 5) is 19.3. The Morgan fingerprint density at radius 2 is 1.89 bits per heavy atom. The molecule has 0 aliphatic heterocycles. The Hall–Kier alpha value is -2.90. The van der Waals surface area contributed by atoms with Crippen molar-refractivity contribution >= 4 is 22.4 Å². The molecule has 136 valence electrons. The van der Waals surface area contributed by atoms with Gasteiger partial charge in [0, 0.05) is 18.9 Å². The van der Waals surface area contributed by atoms with E-state index in [4.69, 9.17) is 9.47 Å². The smallest absolute Gasteiger partial charge is 0.137 e. The van der Waals surface area contributed by atoms with Crippen molar-refractivity contribution in [2.75, 3.05) is 14.2 Å². The molecule has 0 spiro atoms. The molecule has 0 bridgehead atoms. The molecule has 3 aromatic heterocycles. The molecule has 0 atom stereocenters. The summed E-state index contributed by atoms with van der Waals surface area (Å²) >= 11 is 1.58. The van der Waals surface area contributed by atoms with Crippen molar-refractivity contribution in [2.45, 2.75) is 13.5 Å². The van der Waals surface area contributed by atoms with Crippen LogP contribution in [0.2, 0.25) is 0 Å². The third-order valence-corrected chi connectivity index (χ3v) is 5.15. The van der Waals surface area contributed by atoms with Crippen LogP contribution in [0.4, 0.5) is 0 Å². The highest BCUT2D eigenvalue weighted by atomic mass is 32.1. The van der Waals surface area contributed by atoms with Crippen molar-refractivity contribution in [3.05, 3.63) is 54.1 Å². The number of ether oxygens (including phenoxy) is 2. The lowest BCUT2D eigenvalue weighted by Gasteiger charge is -2.06. The van der Waals surface area contributed by atoms with Crippen LogP contribution < -0.4 is 4.74 Å². The van der Waals surface area contributed by atoms with Gasteiger partial charge in [0.1, 0.15) is 10.8 Å². The Balaban J connectivity index is 1.76. The van der Waals surface area contributed by atoms with Gasteiger partial charge < -0.3 is 9.47 Å². The Morgan fingerprint density at radius 1 is 1.00 bits per heavy atom. The number of aromatic nitrogens is 4. The molecule has 4 rings (SSSR count). The highest BCUT2D eigenvalue weighted by Gasteiger charge is 2.13. The zero-order chi connectivity index (χ0) is 18.8. The first kappa shape index (κ1) is 17.5. The van der Waals surface area contributed by atoms with Crippen molar-refractivity contribution < 1.29 is 9.47 Å². The minimum atomic E-state index is 0.441. The zero-order valence-corrected chi connectivity index (χ0v) is 16.1. The summed E-state index contributed by atoms with van der Waals surface area (Å²) < 4.78 is 10.3. The first-order valence-electron chi connectivity index (χ1n) is 8.40. The van der Waals surface area contributed by atoms with E-state index in [2.05, 4.69) is 26.0 Å². The Bertz CT molecular complexity index is 1090. The van der Waals surface area contributed by atoms with Gasteiger partial charge in [-0.25, -0.2) is 9.97 Å². The molecule has 0 unspecified atom stereocenters. The molecule has 3 heterocycles. The number of pyridine rings is 1. The second kappa shape index (κ2) is 7.38. The average molecular weight is 378 g/mol. The van der Waals surface area contributed by atoms with Gasteiger partial charge in [-0.2, -0.15) is 0 Å². The second-order valence-corrected chi connectivity index (χ2v) is 7.12. The van der Waals surface area contributed by atoms with E-state index in [1.54, 1.807) is 38.0 Å². The van der Waals surface area contributed by atoms with Gasteiger partial charge in [-0.1, -0.05) is 0 Å². The normalized spacial score (nSPS) is 11.1. The van der Waals surface area contributed by atoms with Gasteiger partial charge in [0.2, 0.25) is 0 Å². The SMILES string of the molecule is COCc1cnc2c(-c3ncc(-c4ccc(OC)cn4)s3)cc(C)cc2n1. The Kier molecular flexibility index (Phi) is 4.79. The van der Waals surface area contributed by atoms with Gasteiger partial charge in [0.15, 0.2) is 0 Å². The number of methoxy groups -OCH3 is 2. The van der Waals surface area contributed by atoms with Gasteiger partial charge in [-0.05, 0) is 36.8 Å². The van der Waals surface area contributed by atoms with E-state index in [0.717, 1.165) is 49.2 Å². The lowest BCUT2D eigenvalue weighted by Crippen LogP contribution is -1.96. The van der Waals surface area contributed by atoms with E-state index < -0.39 is 0 Å². The first-order chi connectivity index (χ1) is 13.2. The quantitative estimate of drug-likeness (QED) is 0.516. The predicted octanol–water partition coefficient (Wildman–Crippen LogP) is 4.28. The monoisotopic (exact) mass is 378 g/mol. The summed E-state index contributed by atoms with van der Waals surface area (Å²) in [5.74, 6) is 0.732. The molecule has 0 fully saturated rings. The largest absolute Gasteiger partial charge is 0.495 e. The van der Waals surface area contributed by atoms with Crippen molar-refractivity contribution in [2.24, 2.45) is 0 Å². The lowest BCUT2D eigenvalue weighted by molar-refractivity contribution is 0.181. The molecule has 0 saturated heterocycles. The molecule has 0 N–H and O–H groups in total. The summed E-state index contributed by atoms with van der Waals surface area (Å²) in [6.45, 7) is 2.49. The van der Waals surface area contributed by atoms with Crippen LogP contribution in [0, 0.1) is 6.92 Å². The molecule has 27 heavy (non-hydrogen) atoms. The van der Waals surface area contributed by atoms with Crippen LogP contribution in [0.5, 0.6) is 5.75 Å². The molecular formula is C20H18N4O2S. The second-order valence-electron chi connectivity index (χ2n) is 6.09. The number of hydrogen-bond donors (Lipinski definition) is 0. The molecule has 1 aromatic carbocycles. The molecule has 4 aromatic rings. The minimum Gasteiger partial charge on any atom is -0.495 e. The van der Waals surface area contributed by atoms with Crippen LogP contribution in [-0.2, 0) is 11.3 Å². The summed E-state index contributed by atoms with van der Waals surface area (Å²) in [5.41, 5.74) is 5.45. The third kappa shape index (κ3) is 3.51. The summed E-state index contributed by atoms with van der Waals surface area (Å²) in [5, 5.41) is 0.894. The number of nitrogens with zero attached hydrogens (tertiary/aromatic N) is 4. The van der Waals surface area contributed by atoms with E-state index in [0.29, 0.717) is 6.61 Å². The van der Waals surface area contributed by atoms with Crippen LogP contribution in [-0.4, -0.2) is 34.2 Å². The van der Waals surface area contributed by atoms with E-state index >= 15 is 0 Å². The number of thiazole rings is 1. The molecule has 0 saturated carbocycles. The number of rotatable bonds is 5. The van der Waals surface area contributed by atoms with Gasteiger partial charge in [0.05, 0.1) is 53.4 Å². The van der Waals surface area contributed by atoms with Crippen molar-refractivity contribution in [1.29, 1.82) is 0 Å². The highest BCUT2D eigenvalue weighted by molar-refractivity contribution is 7.18. The standard InChI is InChI=1S/C20H18N4O2S/c1-12-6-15(19-17(7-12)24-13(8-22-19)11-25-2)20-23-10-18(27-20)16-5-4-14(26-3)9-21-16/h4-10H,11H2,1-3H3. The van der Waals surface area contributed by atoms with E-state index in [1.807, 2.05) is 31.3 Å². The fourth-order valence-corrected chi connectivity index (χ4v) is 3.76. The van der Waals surface area contributed by atoms with Crippen LogP contribution in [0.3, 0.4) is 0 Å². The number of aryl methyl sites for hydroxylation is 1. The van der Waals surface area contributed by atoms with Crippen LogP contribution >= 0.6 is 11.3 Å². The van der Waals surface area contributed by atoms with Crippen molar-refractivity contribution in [3.63, 3.8) is 0 Å². The molecule has 0 aliphatic carbocycles. The zero-order valence-electron chi connectivity index (χ0n) is 15.3. The molecule has 0 amide bonds. The predicted molar refractivity (Wildman–Crippen MR) is 106 cm³/mol. The van der Waals surface area contributed by atoms with Crippen molar-refractivity contribution in [3.8, 4) is 26.9 Å². The van der Waals surface area contributed by atoms with Gasteiger partial charge in [-0.3, -0.25) is 9.97 Å². The fourth-order valence-electron chi connectivity index (χ4n) is 2.85. The number of benzene rings is 1. The van der Waals surface area contributed by atoms with Gasteiger partial charge in [0.25, 0.3) is 0 Å². The third-order valence-electron chi connectivity index (χ3n) is 4.09. The lowest BCUT2D eigenvalue weighted by atomic mass is 10.1.